The zero-order valence-electron chi connectivity index (χ0n) is 13.2. The number of anilines is 1. The number of benzene rings is 1. The molecule has 0 bridgehead atoms. The topological polar surface area (TPSA) is 103 Å². The minimum absolute atomic E-state index is 0.0287. The zero-order chi connectivity index (χ0) is 18.8. The molecule has 0 saturated heterocycles. The molecule has 2 rings (SSSR count). The van der Waals surface area contributed by atoms with E-state index in [0.717, 1.165) is 16.3 Å². The first kappa shape index (κ1) is 18.8. The first-order chi connectivity index (χ1) is 11.6. The Morgan fingerprint density at radius 2 is 1.84 bits per heavy atom. The molecule has 0 fully saturated rings. The summed E-state index contributed by atoms with van der Waals surface area (Å²) in [7, 11) is 1.18. The van der Waals surface area contributed by atoms with Gasteiger partial charge in [-0.25, -0.2) is 0 Å². The summed E-state index contributed by atoms with van der Waals surface area (Å²) in [5.74, 6) is -2.16. The number of hydrogen-bond acceptors (Lipinski definition) is 5. The molecule has 2 amide bonds. The number of thioether (sulfide) groups is 1. The average Bonchev–Trinajstić information content (AvgIpc) is 2.88. The largest absolute Gasteiger partial charge is 0.451 e. The molecular formula is C14H14F3N5O2S. The Kier molecular flexibility index (Phi) is 5.36. The smallest absolute Gasteiger partial charge is 0.366 e. The highest BCUT2D eigenvalue weighted by molar-refractivity contribution is 8.00. The van der Waals surface area contributed by atoms with Crippen LogP contribution in [-0.4, -0.2) is 31.8 Å². The normalized spacial score (nSPS) is 12.7. The number of hydrogen-bond donors (Lipinski definition) is 2. The van der Waals surface area contributed by atoms with Crippen LogP contribution in [0.2, 0.25) is 0 Å². The fraction of sp³-hybridized carbons (Fsp3) is 0.286. The number of aromatic nitrogens is 3. The molecule has 0 aliphatic rings. The number of carbonyl (C=O) groups excluding carboxylic acids is 2. The fourth-order valence-corrected chi connectivity index (χ4v) is 2.65. The number of rotatable bonds is 5. The molecule has 0 radical (unpaired) electrons. The lowest BCUT2D eigenvalue weighted by atomic mass is 10.2. The highest BCUT2D eigenvalue weighted by atomic mass is 32.2. The SMILES string of the molecule is C[C@H](Sc1nnc(C(F)(F)F)n1C)C(=O)Nc1ccc(C(N)=O)cc1. The van der Waals surface area contributed by atoms with Gasteiger partial charge >= 0.3 is 6.18 Å². The van der Waals surface area contributed by atoms with Gasteiger partial charge in [0, 0.05) is 18.3 Å². The van der Waals surface area contributed by atoms with Crippen LogP contribution in [0.4, 0.5) is 18.9 Å². The van der Waals surface area contributed by atoms with Gasteiger partial charge in [-0.15, -0.1) is 10.2 Å². The average molecular weight is 373 g/mol. The maximum absolute atomic E-state index is 12.7. The third-order valence-electron chi connectivity index (χ3n) is 3.18. The van der Waals surface area contributed by atoms with Gasteiger partial charge in [0.15, 0.2) is 5.16 Å². The van der Waals surface area contributed by atoms with Crippen LogP contribution in [0.15, 0.2) is 29.4 Å². The molecule has 1 aromatic carbocycles. The standard InChI is InChI=1S/C14H14F3N5O2S/c1-7(25-13-21-20-12(22(13)2)14(15,16)17)11(24)19-9-5-3-8(4-6-9)10(18)23/h3-7H,1-2H3,(H2,18,23)(H,19,24)/t7-/m0/s1. The predicted molar refractivity (Wildman–Crippen MR) is 84.9 cm³/mol. The molecule has 2 aromatic rings. The van der Waals surface area contributed by atoms with Gasteiger partial charge in [0.25, 0.3) is 0 Å². The molecule has 0 saturated carbocycles. The number of amides is 2. The summed E-state index contributed by atoms with van der Waals surface area (Å²) in [5, 5.41) is 8.41. The van der Waals surface area contributed by atoms with E-state index in [4.69, 9.17) is 5.73 Å². The van der Waals surface area contributed by atoms with Gasteiger partial charge in [-0.05, 0) is 31.2 Å². The van der Waals surface area contributed by atoms with Crippen LogP contribution in [-0.2, 0) is 18.0 Å². The second kappa shape index (κ2) is 7.13. The van der Waals surface area contributed by atoms with Crippen molar-refractivity contribution in [1.82, 2.24) is 14.8 Å². The van der Waals surface area contributed by atoms with Crippen molar-refractivity contribution in [2.75, 3.05) is 5.32 Å². The van der Waals surface area contributed by atoms with Crippen molar-refractivity contribution in [3.05, 3.63) is 35.7 Å². The lowest BCUT2D eigenvalue weighted by Crippen LogP contribution is -2.23. The molecule has 3 N–H and O–H groups in total. The monoisotopic (exact) mass is 373 g/mol. The van der Waals surface area contributed by atoms with Crippen LogP contribution in [0.1, 0.15) is 23.1 Å². The first-order valence-corrected chi connectivity index (χ1v) is 7.81. The van der Waals surface area contributed by atoms with E-state index in [2.05, 4.69) is 15.5 Å². The highest BCUT2D eigenvalue weighted by Crippen LogP contribution is 2.31. The van der Waals surface area contributed by atoms with E-state index in [1.165, 1.54) is 38.2 Å². The first-order valence-electron chi connectivity index (χ1n) is 6.93. The Balaban J connectivity index is 2.03. The van der Waals surface area contributed by atoms with Gasteiger partial charge in [0.1, 0.15) is 0 Å². The summed E-state index contributed by atoms with van der Waals surface area (Å²) in [6.07, 6.45) is -4.62. The minimum atomic E-state index is -4.62. The van der Waals surface area contributed by atoms with Crippen LogP contribution in [0.25, 0.3) is 0 Å². The Morgan fingerprint density at radius 3 is 2.32 bits per heavy atom. The van der Waals surface area contributed by atoms with Crippen molar-refractivity contribution in [1.29, 1.82) is 0 Å². The Hall–Kier alpha value is -2.56. The van der Waals surface area contributed by atoms with Crippen LogP contribution in [0.5, 0.6) is 0 Å². The number of nitrogens with two attached hydrogens (primary N) is 1. The lowest BCUT2D eigenvalue weighted by molar-refractivity contribution is -0.147. The number of halogens is 3. The molecule has 0 spiro atoms. The third kappa shape index (κ3) is 4.50. The molecule has 25 heavy (non-hydrogen) atoms. The number of alkyl halides is 3. The second-order valence-electron chi connectivity index (χ2n) is 5.05. The van der Waals surface area contributed by atoms with E-state index < -0.39 is 29.1 Å². The molecule has 134 valence electrons. The Bertz CT molecular complexity index is 789. The highest BCUT2D eigenvalue weighted by Gasteiger charge is 2.37. The molecule has 7 nitrogen and oxygen atoms in total. The van der Waals surface area contributed by atoms with E-state index in [0.29, 0.717) is 11.3 Å². The van der Waals surface area contributed by atoms with Gasteiger partial charge in [-0.2, -0.15) is 13.2 Å². The summed E-state index contributed by atoms with van der Waals surface area (Å²) in [6.45, 7) is 1.53. The number of carbonyl (C=O) groups is 2. The van der Waals surface area contributed by atoms with Crippen molar-refractivity contribution in [2.45, 2.75) is 23.5 Å². The van der Waals surface area contributed by atoms with Crippen LogP contribution >= 0.6 is 11.8 Å². The molecule has 0 aliphatic carbocycles. The van der Waals surface area contributed by atoms with Crippen molar-refractivity contribution < 1.29 is 22.8 Å². The van der Waals surface area contributed by atoms with Crippen molar-refractivity contribution in [3.63, 3.8) is 0 Å². The predicted octanol–water partition coefficient (Wildman–Crippen LogP) is 2.05. The Morgan fingerprint density at radius 1 is 1.24 bits per heavy atom. The third-order valence-corrected chi connectivity index (χ3v) is 4.31. The van der Waals surface area contributed by atoms with Gasteiger partial charge in [-0.3, -0.25) is 9.59 Å². The number of nitrogens with one attached hydrogen (secondary N) is 1. The summed E-state index contributed by atoms with van der Waals surface area (Å²) in [4.78, 5) is 23.1. The van der Waals surface area contributed by atoms with Crippen molar-refractivity contribution in [3.8, 4) is 0 Å². The van der Waals surface area contributed by atoms with E-state index in [1.54, 1.807) is 0 Å². The molecule has 1 aromatic heterocycles. The van der Waals surface area contributed by atoms with E-state index in [9.17, 15) is 22.8 Å². The molecular weight excluding hydrogens is 359 g/mol. The van der Waals surface area contributed by atoms with Gasteiger partial charge < -0.3 is 15.6 Å². The second-order valence-corrected chi connectivity index (χ2v) is 6.36. The van der Waals surface area contributed by atoms with Gasteiger partial charge in [0.2, 0.25) is 17.6 Å². The van der Waals surface area contributed by atoms with Crippen LogP contribution in [0.3, 0.4) is 0 Å². The van der Waals surface area contributed by atoms with Crippen molar-refractivity contribution >= 4 is 29.3 Å². The number of nitrogens with zero attached hydrogens (tertiary/aromatic N) is 3. The lowest BCUT2D eigenvalue weighted by Gasteiger charge is -2.12. The summed E-state index contributed by atoms with van der Waals surface area (Å²) in [6, 6.07) is 5.90. The molecule has 1 atom stereocenters. The summed E-state index contributed by atoms with van der Waals surface area (Å²) in [5.41, 5.74) is 5.84. The fourth-order valence-electron chi connectivity index (χ4n) is 1.84. The maximum atomic E-state index is 12.7. The van der Waals surface area contributed by atoms with Crippen LogP contribution in [0, 0.1) is 0 Å². The summed E-state index contributed by atoms with van der Waals surface area (Å²) >= 11 is 0.846. The van der Waals surface area contributed by atoms with E-state index >= 15 is 0 Å². The van der Waals surface area contributed by atoms with E-state index in [-0.39, 0.29) is 5.16 Å². The molecule has 0 aliphatic heterocycles. The molecule has 11 heteroatoms. The van der Waals surface area contributed by atoms with Crippen LogP contribution < -0.4 is 11.1 Å². The molecule has 1 heterocycles. The van der Waals surface area contributed by atoms with Gasteiger partial charge in [-0.1, -0.05) is 11.8 Å². The summed E-state index contributed by atoms with van der Waals surface area (Å²) < 4.78 is 38.9. The molecule has 0 unspecified atom stereocenters. The van der Waals surface area contributed by atoms with Gasteiger partial charge in [0.05, 0.1) is 5.25 Å². The Labute approximate surface area is 144 Å². The minimum Gasteiger partial charge on any atom is -0.366 e. The van der Waals surface area contributed by atoms with Crippen molar-refractivity contribution in [2.24, 2.45) is 12.8 Å². The quantitative estimate of drug-likeness (QED) is 0.781. The maximum Gasteiger partial charge on any atom is 0.451 e. The number of primary amides is 1. The zero-order valence-corrected chi connectivity index (χ0v) is 14.0. The van der Waals surface area contributed by atoms with E-state index in [1.807, 2.05) is 0 Å².